The maximum absolute atomic E-state index is 12.5. The molecule has 0 aliphatic carbocycles. The monoisotopic (exact) mass is 294 g/mol. The van der Waals surface area contributed by atoms with Crippen molar-refractivity contribution < 1.29 is 12.9 Å². The van der Waals surface area contributed by atoms with Gasteiger partial charge in [-0.3, -0.25) is 4.31 Å². The van der Waals surface area contributed by atoms with Gasteiger partial charge in [0.05, 0.1) is 5.69 Å². The molecule has 1 aromatic heterocycles. The van der Waals surface area contributed by atoms with E-state index in [1.807, 2.05) is 32.0 Å². The van der Waals surface area contributed by atoms with E-state index in [0.29, 0.717) is 11.4 Å². The number of rotatable bonds is 4. The van der Waals surface area contributed by atoms with Crippen LogP contribution in [0.4, 0.5) is 5.69 Å². The smallest absolute Gasteiger partial charge is 0.240 e. The molecule has 2 rings (SSSR count). The van der Waals surface area contributed by atoms with E-state index in [2.05, 4.69) is 5.16 Å². The van der Waals surface area contributed by atoms with Gasteiger partial charge in [-0.15, -0.1) is 0 Å². The molecule has 1 aromatic carbocycles. The summed E-state index contributed by atoms with van der Waals surface area (Å²) in [6.45, 7) is 5.60. The van der Waals surface area contributed by atoms with E-state index in [0.717, 1.165) is 16.7 Å². The van der Waals surface area contributed by atoms with Gasteiger partial charge >= 0.3 is 0 Å². The minimum absolute atomic E-state index is 0.167. The van der Waals surface area contributed by atoms with E-state index < -0.39 is 10.0 Å². The van der Waals surface area contributed by atoms with Crippen molar-refractivity contribution in [2.45, 2.75) is 26.5 Å². The first-order valence-corrected chi connectivity index (χ1v) is 7.86. The van der Waals surface area contributed by atoms with E-state index >= 15 is 0 Å². The molecule has 0 radical (unpaired) electrons. The van der Waals surface area contributed by atoms with Crippen molar-refractivity contribution >= 4 is 15.7 Å². The Labute approximate surface area is 119 Å². The number of benzene rings is 1. The molecule has 0 N–H and O–H groups in total. The standard InChI is InChI=1S/C14H18N2O3S/c1-10-5-6-11(2)14(7-10)16(4)20(17,18)9-13-12(3)8-19-15-13/h5-8H,9H2,1-4H3. The first kappa shape index (κ1) is 14.6. The van der Waals surface area contributed by atoms with Crippen LogP contribution >= 0.6 is 0 Å². The predicted octanol–water partition coefficient (Wildman–Crippen LogP) is 2.57. The Balaban J connectivity index is 2.34. The number of nitrogens with zero attached hydrogens (tertiary/aromatic N) is 2. The first-order chi connectivity index (χ1) is 9.31. The Bertz CT molecular complexity index is 720. The molecule has 0 spiro atoms. The Morgan fingerprint density at radius 1 is 1.20 bits per heavy atom. The van der Waals surface area contributed by atoms with Gasteiger partial charge in [0.2, 0.25) is 10.0 Å². The van der Waals surface area contributed by atoms with Gasteiger partial charge in [-0.25, -0.2) is 8.42 Å². The van der Waals surface area contributed by atoms with Crippen LogP contribution in [0.25, 0.3) is 0 Å². The lowest BCUT2D eigenvalue weighted by Gasteiger charge is -2.21. The highest BCUT2D eigenvalue weighted by Gasteiger charge is 2.23. The van der Waals surface area contributed by atoms with Crippen LogP contribution in [0.5, 0.6) is 0 Å². The van der Waals surface area contributed by atoms with Crippen LogP contribution in [-0.2, 0) is 15.8 Å². The Morgan fingerprint density at radius 2 is 1.90 bits per heavy atom. The quantitative estimate of drug-likeness (QED) is 0.869. The highest BCUT2D eigenvalue weighted by Crippen LogP contribution is 2.24. The van der Waals surface area contributed by atoms with Gasteiger partial charge in [-0.1, -0.05) is 17.3 Å². The lowest BCUT2D eigenvalue weighted by atomic mass is 10.1. The maximum atomic E-state index is 12.5. The molecule has 108 valence electrons. The molecule has 5 nitrogen and oxygen atoms in total. The lowest BCUT2D eigenvalue weighted by molar-refractivity contribution is 0.413. The van der Waals surface area contributed by atoms with E-state index in [-0.39, 0.29) is 5.75 Å². The van der Waals surface area contributed by atoms with Crippen molar-refractivity contribution in [2.24, 2.45) is 0 Å². The Morgan fingerprint density at radius 3 is 2.50 bits per heavy atom. The molecule has 1 heterocycles. The summed E-state index contributed by atoms with van der Waals surface area (Å²) in [7, 11) is -1.93. The number of hydrogen-bond acceptors (Lipinski definition) is 4. The summed E-state index contributed by atoms with van der Waals surface area (Å²) >= 11 is 0. The molecular formula is C14H18N2O3S. The molecular weight excluding hydrogens is 276 g/mol. The molecule has 0 aliphatic rings. The lowest BCUT2D eigenvalue weighted by Crippen LogP contribution is -2.28. The number of aromatic nitrogens is 1. The summed E-state index contributed by atoms with van der Waals surface area (Å²) in [5, 5.41) is 3.74. The molecule has 20 heavy (non-hydrogen) atoms. The zero-order valence-corrected chi connectivity index (χ0v) is 12.9. The predicted molar refractivity (Wildman–Crippen MR) is 78.2 cm³/mol. The van der Waals surface area contributed by atoms with Crippen LogP contribution in [0, 0.1) is 20.8 Å². The third kappa shape index (κ3) is 2.85. The fourth-order valence-corrected chi connectivity index (χ4v) is 3.24. The van der Waals surface area contributed by atoms with Gasteiger partial charge < -0.3 is 4.52 Å². The molecule has 0 bridgehead atoms. The second-order valence-electron chi connectivity index (χ2n) is 4.96. The topological polar surface area (TPSA) is 63.4 Å². The van der Waals surface area contributed by atoms with E-state index in [4.69, 9.17) is 4.52 Å². The number of aryl methyl sites for hydroxylation is 3. The summed E-state index contributed by atoms with van der Waals surface area (Å²) in [4.78, 5) is 0. The zero-order chi connectivity index (χ0) is 14.9. The molecule has 6 heteroatoms. The Hall–Kier alpha value is -1.82. The summed E-state index contributed by atoms with van der Waals surface area (Å²) in [5.41, 5.74) is 3.81. The van der Waals surface area contributed by atoms with Gasteiger partial charge in [0.15, 0.2) is 0 Å². The van der Waals surface area contributed by atoms with Crippen molar-refractivity contribution in [1.29, 1.82) is 0 Å². The summed E-state index contributed by atoms with van der Waals surface area (Å²) < 4.78 is 31.0. The normalized spacial score (nSPS) is 11.6. The first-order valence-electron chi connectivity index (χ1n) is 6.25. The fourth-order valence-electron chi connectivity index (χ4n) is 1.93. The Kier molecular flexibility index (Phi) is 3.85. The van der Waals surface area contributed by atoms with Crippen LogP contribution in [0.2, 0.25) is 0 Å². The molecule has 2 aromatic rings. The largest absolute Gasteiger partial charge is 0.364 e. The molecule has 0 saturated carbocycles. The molecule has 0 aliphatic heterocycles. The van der Waals surface area contributed by atoms with Crippen molar-refractivity contribution in [3.05, 3.63) is 46.8 Å². The van der Waals surface area contributed by atoms with Gasteiger partial charge in [-0.05, 0) is 38.0 Å². The molecule has 0 atom stereocenters. The van der Waals surface area contributed by atoms with Gasteiger partial charge in [0, 0.05) is 12.6 Å². The highest BCUT2D eigenvalue weighted by molar-refractivity contribution is 7.92. The van der Waals surface area contributed by atoms with Crippen LogP contribution in [0.15, 0.2) is 29.0 Å². The van der Waals surface area contributed by atoms with E-state index in [9.17, 15) is 8.42 Å². The van der Waals surface area contributed by atoms with Crippen LogP contribution in [-0.4, -0.2) is 20.6 Å². The number of hydrogen-bond donors (Lipinski definition) is 0. The van der Waals surface area contributed by atoms with Crippen LogP contribution in [0.1, 0.15) is 22.4 Å². The summed E-state index contributed by atoms with van der Waals surface area (Å²) in [5.74, 6) is -0.167. The maximum Gasteiger partial charge on any atom is 0.240 e. The number of anilines is 1. The van der Waals surface area contributed by atoms with Crippen LogP contribution < -0.4 is 4.31 Å². The molecule has 0 fully saturated rings. The molecule has 0 unspecified atom stereocenters. The average molecular weight is 294 g/mol. The minimum Gasteiger partial charge on any atom is -0.364 e. The van der Waals surface area contributed by atoms with Crippen molar-refractivity contribution in [1.82, 2.24) is 5.16 Å². The second kappa shape index (κ2) is 5.28. The number of sulfonamides is 1. The highest BCUT2D eigenvalue weighted by atomic mass is 32.2. The summed E-state index contributed by atoms with van der Waals surface area (Å²) in [6.07, 6.45) is 1.45. The van der Waals surface area contributed by atoms with Gasteiger partial charge in [0.1, 0.15) is 17.7 Å². The third-order valence-electron chi connectivity index (χ3n) is 3.29. The SMILES string of the molecule is Cc1ccc(C)c(N(C)S(=O)(=O)Cc2nocc2C)c1. The zero-order valence-electron chi connectivity index (χ0n) is 12.0. The fraction of sp³-hybridized carbons (Fsp3) is 0.357. The van der Waals surface area contributed by atoms with E-state index in [1.165, 1.54) is 10.6 Å². The van der Waals surface area contributed by atoms with E-state index in [1.54, 1.807) is 14.0 Å². The van der Waals surface area contributed by atoms with Gasteiger partial charge in [0.25, 0.3) is 0 Å². The van der Waals surface area contributed by atoms with Crippen molar-refractivity contribution in [3.8, 4) is 0 Å². The minimum atomic E-state index is -3.49. The third-order valence-corrected chi connectivity index (χ3v) is 4.96. The van der Waals surface area contributed by atoms with Crippen LogP contribution in [0.3, 0.4) is 0 Å². The summed E-state index contributed by atoms with van der Waals surface area (Å²) in [6, 6.07) is 5.74. The van der Waals surface area contributed by atoms with Crippen molar-refractivity contribution in [2.75, 3.05) is 11.4 Å². The molecule has 0 saturated heterocycles. The van der Waals surface area contributed by atoms with Crippen molar-refractivity contribution in [3.63, 3.8) is 0 Å². The molecule has 0 amide bonds. The van der Waals surface area contributed by atoms with Gasteiger partial charge in [-0.2, -0.15) is 0 Å². The second-order valence-corrected chi connectivity index (χ2v) is 6.96. The average Bonchev–Trinajstić information content (AvgIpc) is 2.76.